The summed E-state index contributed by atoms with van der Waals surface area (Å²) in [7, 11) is 1.91. The van der Waals surface area contributed by atoms with Gasteiger partial charge in [-0.25, -0.2) is 0 Å². The second kappa shape index (κ2) is 6.31. The molecule has 5 nitrogen and oxygen atoms in total. The molecular weight excluding hydrogens is 310 g/mol. The van der Waals surface area contributed by atoms with Gasteiger partial charge in [0.25, 0.3) is 0 Å². The summed E-state index contributed by atoms with van der Waals surface area (Å²) in [4.78, 5) is 2.48. The largest absolute Gasteiger partial charge is 0.382 e. The Morgan fingerprint density at radius 2 is 1.72 bits per heavy atom. The Morgan fingerprint density at radius 3 is 2.44 bits per heavy atom. The van der Waals surface area contributed by atoms with Gasteiger partial charge in [-0.05, 0) is 61.2 Å². The van der Waals surface area contributed by atoms with Crippen molar-refractivity contribution in [2.75, 3.05) is 29.0 Å². The third-order valence-electron chi connectivity index (χ3n) is 5.18. The molecule has 1 saturated heterocycles. The molecule has 1 aliphatic rings. The zero-order valence-corrected chi connectivity index (χ0v) is 14.9. The first-order valence-corrected chi connectivity index (χ1v) is 8.94. The molecule has 0 spiro atoms. The maximum atomic E-state index is 5.99. The van der Waals surface area contributed by atoms with Gasteiger partial charge in [0.1, 0.15) is 0 Å². The van der Waals surface area contributed by atoms with Gasteiger partial charge in [0, 0.05) is 42.6 Å². The van der Waals surface area contributed by atoms with E-state index in [1.165, 1.54) is 18.5 Å². The predicted octanol–water partition coefficient (Wildman–Crippen LogP) is 4.14. The van der Waals surface area contributed by atoms with E-state index in [4.69, 9.17) is 5.73 Å². The number of piperidine rings is 1. The Bertz CT molecular complexity index is 873. The molecule has 130 valence electrons. The number of nitrogen functional groups attached to an aromatic ring is 1. The second-order valence-electron chi connectivity index (χ2n) is 7.08. The summed E-state index contributed by atoms with van der Waals surface area (Å²) >= 11 is 0. The van der Waals surface area contributed by atoms with Crippen LogP contribution in [0.15, 0.2) is 42.5 Å². The molecule has 0 amide bonds. The fraction of sp³-hybridized carbons (Fsp3) is 0.350. The van der Waals surface area contributed by atoms with Gasteiger partial charge in [-0.1, -0.05) is 6.92 Å². The van der Waals surface area contributed by atoms with E-state index >= 15 is 0 Å². The van der Waals surface area contributed by atoms with Crippen molar-refractivity contribution in [2.24, 2.45) is 13.0 Å². The summed E-state index contributed by atoms with van der Waals surface area (Å²) < 4.78 is 1.81. The SMILES string of the molecule is CC1CCN(c2ccc(Nc3ccc4c(c3)c(N)nn4C)cc2)CC1. The smallest absolute Gasteiger partial charge is 0.153 e. The van der Waals surface area contributed by atoms with Crippen molar-refractivity contribution in [3.05, 3.63) is 42.5 Å². The maximum absolute atomic E-state index is 5.99. The Labute approximate surface area is 148 Å². The van der Waals surface area contributed by atoms with Crippen molar-refractivity contribution in [1.29, 1.82) is 0 Å². The average molecular weight is 335 g/mol. The molecule has 0 unspecified atom stereocenters. The fourth-order valence-corrected chi connectivity index (χ4v) is 3.56. The number of anilines is 4. The maximum Gasteiger partial charge on any atom is 0.153 e. The topological polar surface area (TPSA) is 59.1 Å². The highest BCUT2D eigenvalue weighted by atomic mass is 15.3. The van der Waals surface area contributed by atoms with Crippen LogP contribution in [0, 0.1) is 5.92 Å². The number of hydrogen-bond acceptors (Lipinski definition) is 4. The predicted molar refractivity (Wildman–Crippen MR) is 105 cm³/mol. The molecular formula is C20H25N5. The minimum atomic E-state index is 0.566. The van der Waals surface area contributed by atoms with Crippen molar-refractivity contribution >= 4 is 33.8 Å². The number of aryl methyl sites for hydroxylation is 1. The van der Waals surface area contributed by atoms with Crippen LogP contribution in [-0.4, -0.2) is 22.9 Å². The molecule has 1 aliphatic heterocycles. The minimum Gasteiger partial charge on any atom is -0.382 e. The highest BCUT2D eigenvalue weighted by Crippen LogP contribution is 2.28. The monoisotopic (exact) mass is 335 g/mol. The summed E-state index contributed by atoms with van der Waals surface area (Å²) in [5, 5.41) is 8.71. The summed E-state index contributed by atoms with van der Waals surface area (Å²) in [6.45, 7) is 4.66. The number of hydrogen-bond donors (Lipinski definition) is 2. The van der Waals surface area contributed by atoms with Crippen molar-refractivity contribution in [3.63, 3.8) is 0 Å². The van der Waals surface area contributed by atoms with E-state index < -0.39 is 0 Å². The zero-order valence-electron chi connectivity index (χ0n) is 14.9. The molecule has 5 heteroatoms. The molecule has 0 saturated carbocycles. The van der Waals surface area contributed by atoms with Crippen molar-refractivity contribution < 1.29 is 0 Å². The average Bonchev–Trinajstić information content (AvgIpc) is 2.90. The number of nitrogens with one attached hydrogen (secondary N) is 1. The van der Waals surface area contributed by atoms with Gasteiger partial charge in [-0.3, -0.25) is 4.68 Å². The van der Waals surface area contributed by atoms with Gasteiger partial charge in [-0.2, -0.15) is 5.10 Å². The van der Waals surface area contributed by atoms with Crippen molar-refractivity contribution in [1.82, 2.24) is 9.78 Å². The van der Waals surface area contributed by atoms with Crippen LogP contribution in [0.2, 0.25) is 0 Å². The van der Waals surface area contributed by atoms with Gasteiger partial charge in [0.15, 0.2) is 5.82 Å². The van der Waals surface area contributed by atoms with Crippen LogP contribution in [0.3, 0.4) is 0 Å². The van der Waals surface area contributed by atoms with Gasteiger partial charge in [0.05, 0.1) is 5.52 Å². The molecule has 1 aromatic heterocycles. The first-order valence-electron chi connectivity index (χ1n) is 8.94. The van der Waals surface area contributed by atoms with E-state index in [1.54, 1.807) is 0 Å². The molecule has 4 rings (SSSR count). The summed E-state index contributed by atoms with van der Waals surface area (Å²) in [6, 6.07) is 14.9. The summed E-state index contributed by atoms with van der Waals surface area (Å²) in [5.74, 6) is 1.42. The van der Waals surface area contributed by atoms with Gasteiger partial charge < -0.3 is 16.0 Å². The number of nitrogens with zero attached hydrogens (tertiary/aromatic N) is 3. The number of rotatable bonds is 3. The Hall–Kier alpha value is -2.69. The Balaban J connectivity index is 1.50. The first-order chi connectivity index (χ1) is 12.1. The molecule has 0 bridgehead atoms. The summed E-state index contributed by atoms with van der Waals surface area (Å²) in [6.07, 6.45) is 2.57. The molecule has 2 heterocycles. The molecule has 3 N–H and O–H groups in total. The normalized spacial score (nSPS) is 15.7. The third-order valence-corrected chi connectivity index (χ3v) is 5.18. The van der Waals surface area contributed by atoms with E-state index in [2.05, 4.69) is 58.6 Å². The molecule has 2 aromatic carbocycles. The van der Waals surface area contributed by atoms with Crippen LogP contribution in [0.1, 0.15) is 19.8 Å². The zero-order chi connectivity index (χ0) is 17.4. The van der Waals surface area contributed by atoms with Gasteiger partial charge >= 0.3 is 0 Å². The number of aromatic nitrogens is 2. The van der Waals surface area contributed by atoms with Crippen LogP contribution in [0.5, 0.6) is 0 Å². The van der Waals surface area contributed by atoms with Crippen molar-refractivity contribution in [2.45, 2.75) is 19.8 Å². The fourth-order valence-electron chi connectivity index (χ4n) is 3.56. The molecule has 25 heavy (non-hydrogen) atoms. The highest BCUT2D eigenvalue weighted by Gasteiger charge is 2.15. The third kappa shape index (κ3) is 3.14. The first kappa shape index (κ1) is 15.8. The summed E-state index contributed by atoms with van der Waals surface area (Å²) in [5.41, 5.74) is 10.4. The van der Waals surface area contributed by atoms with Crippen LogP contribution in [-0.2, 0) is 7.05 Å². The lowest BCUT2D eigenvalue weighted by Crippen LogP contribution is -2.32. The van der Waals surface area contributed by atoms with Gasteiger partial charge in [-0.15, -0.1) is 0 Å². The minimum absolute atomic E-state index is 0.566. The Kier molecular flexibility index (Phi) is 3.99. The van der Waals surface area contributed by atoms with E-state index in [-0.39, 0.29) is 0 Å². The molecule has 1 fully saturated rings. The molecule has 3 aromatic rings. The van der Waals surface area contributed by atoms with Crippen LogP contribution < -0.4 is 16.0 Å². The lowest BCUT2D eigenvalue weighted by molar-refractivity contribution is 0.438. The quantitative estimate of drug-likeness (QED) is 0.755. The standard InChI is InChI=1S/C20H25N5/c1-14-9-11-25(12-10-14)17-6-3-15(4-7-17)22-16-5-8-19-18(13-16)20(21)23-24(19)2/h3-8,13-14,22H,9-12H2,1-2H3,(H2,21,23). The molecule has 0 aliphatic carbocycles. The Morgan fingerprint density at radius 1 is 1.04 bits per heavy atom. The lowest BCUT2D eigenvalue weighted by Gasteiger charge is -2.32. The highest BCUT2D eigenvalue weighted by molar-refractivity contribution is 5.92. The molecule has 0 radical (unpaired) electrons. The van der Waals surface area contributed by atoms with E-state index in [0.717, 1.165) is 41.3 Å². The van der Waals surface area contributed by atoms with E-state index in [1.807, 2.05) is 17.8 Å². The van der Waals surface area contributed by atoms with Crippen LogP contribution in [0.4, 0.5) is 22.9 Å². The van der Waals surface area contributed by atoms with Crippen LogP contribution >= 0.6 is 0 Å². The van der Waals surface area contributed by atoms with Crippen LogP contribution in [0.25, 0.3) is 10.9 Å². The van der Waals surface area contributed by atoms with E-state index in [9.17, 15) is 0 Å². The molecule has 0 atom stereocenters. The lowest BCUT2D eigenvalue weighted by atomic mass is 9.99. The second-order valence-corrected chi connectivity index (χ2v) is 7.08. The van der Waals surface area contributed by atoms with Gasteiger partial charge in [0.2, 0.25) is 0 Å². The van der Waals surface area contributed by atoms with Crippen molar-refractivity contribution in [3.8, 4) is 0 Å². The number of fused-ring (bicyclic) bond motifs is 1. The number of benzene rings is 2. The number of nitrogens with two attached hydrogens (primary N) is 1. The van der Waals surface area contributed by atoms with E-state index in [0.29, 0.717) is 5.82 Å².